The molecule has 1 atom stereocenters. The molecule has 1 unspecified atom stereocenters. The maximum Gasteiger partial charge on any atom is 0.235 e. The van der Waals surface area contributed by atoms with E-state index >= 15 is 0 Å². The maximum atomic E-state index is 12.6. The van der Waals surface area contributed by atoms with Gasteiger partial charge in [0.05, 0.1) is 16.6 Å². The molecule has 0 saturated carbocycles. The van der Waals surface area contributed by atoms with Gasteiger partial charge in [0.15, 0.2) is 5.16 Å². The summed E-state index contributed by atoms with van der Waals surface area (Å²) in [5.41, 5.74) is 4.07. The second-order valence-corrected chi connectivity index (χ2v) is 8.12. The number of hydrogen-bond acceptors (Lipinski definition) is 3. The van der Waals surface area contributed by atoms with Gasteiger partial charge in [0.25, 0.3) is 0 Å². The lowest BCUT2D eigenvalue weighted by Gasteiger charge is -2.19. The molecule has 1 saturated heterocycles. The first-order valence-corrected chi connectivity index (χ1v) is 10.3. The number of nitrogens with one attached hydrogen (secondary N) is 1. The molecule has 1 aliphatic heterocycles. The van der Waals surface area contributed by atoms with Crippen molar-refractivity contribution in [2.75, 3.05) is 13.1 Å². The summed E-state index contributed by atoms with van der Waals surface area (Å²) in [4.78, 5) is 22.9. The predicted octanol–water partition coefficient (Wildman–Crippen LogP) is 4.85. The van der Waals surface area contributed by atoms with Crippen molar-refractivity contribution in [1.29, 1.82) is 0 Å². The number of H-pyrrole nitrogens is 1. The van der Waals surface area contributed by atoms with Gasteiger partial charge in [-0.1, -0.05) is 72.4 Å². The Balaban J connectivity index is 1.64. The Kier molecular flexibility index (Phi) is 5.30. The van der Waals surface area contributed by atoms with E-state index in [0.717, 1.165) is 53.6 Å². The molecule has 4 rings (SSSR count). The van der Waals surface area contributed by atoms with Crippen LogP contribution in [0.4, 0.5) is 0 Å². The minimum atomic E-state index is -0.151. The van der Waals surface area contributed by atoms with Crippen LogP contribution < -0.4 is 0 Å². The van der Waals surface area contributed by atoms with E-state index in [4.69, 9.17) is 4.98 Å². The van der Waals surface area contributed by atoms with Crippen molar-refractivity contribution >= 4 is 17.7 Å². The fourth-order valence-electron chi connectivity index (χ4n) is 3.44. The third kappa shape index (κ3) is 3.93. The lowest BCUT2D eigenvalue weighted by molar-refractivity contribution is -0.129. The molecule has 138 valence electrons. The quantitative estimate of drug-likeness (QED) is 0.647. The fraction of sp³-hybridized carbons (Fsp3) is 0.273. The standard InChI is InChI=1S/C22H23N3OS/c1-16(21(26)25-14-8-9-15-25)27-22-23-19(17-10-4-2-5-11-17)20(24-22)18-12-6-3-7-13-18/h2-7,10-13,16H,8-9,14-15H2,1H3,(H,23,24). The van der Waals surface area contributed by atoms with Crippen molar-refractivity contribution in [3.8, 4) is 22.5 Å². The molecule has 5 heteroatoms. The zero-order valence-electron chi connectivity index (χ0n) is 15.4. The zero-order chi connectivity index (χ0) is 18.6. The number of nitrogens with zero attached hydrogens (tertiary/aromatic N) is 2. The van der Waals surface area contributed by atoms with E-state index < -0.39 is 0 Å². The monoisotopic (exact) mass is 377 g/mol. The van der Waals surface area contributed by atoms with Crippen molar-refractivity contribution in [2.45, 2.75) is 30.2 Å². The lowest BCUT2D eigenvalue weighted by atomic mass is 10.1. The van der Waals surface area contributed by atoms with E-state index in [2.05, 4.69) is 29.2 Å². The number of imidazole rings is 1. The number of aromatic nitrogens is 2. The van der Waals surface area contributed by atoms with Gasteiger partial charge < -0.3 is 9.88 Å². The third-order valence-corrected chi connectivity index (χ3v) is 5.82. The van der Waals surface area contributed by atoms with Crippen LogP contribution in [0.5, 0.6) is 0 Å². The van der Waals surface area contributed by atoms with Gasteiger partial charge in [-0.2, -0.15) is 0 Å². The summed E-state index contributed by atoms with van der Waals surface area (Å²) in [7, 11) is 0. The van der Waals surface area contributed by atoms with Crippen LogP contribution in [0.15, 0.2) is 65.8 Å². The van der Waals surface area contributed by atoms with E-state index in [1.807, 2.05) is 48.2 Å². The lowest BCUT2D eigenvalue weighted by Crippen LogP contribution is -2.34. The van der Waals surface area contributed by atoms with Gasteiger partial charge in [-0.15, -0.1) is 0 Å². The second-order valence-electron chi connectivity index (χ2n) is 6.79. The summed E-state index contributed by atoms with van der Waals surface area (Å²) in [6.45, 7) is 3.73. The number of thioether (sulfide) groups is 1. The van der Waals surface area contributed by atoms with Crippen LogP contribution in [0.25, 0.3) is 22.5 Å². The Bertz CT molecular complexity index is 845. The molecule has 3 aromatic rings. The van der Waals surface area contributed by atoms with Gasteiger partial charge >= 0.3 is 0 Å². The molecule has 0 radical (unpaired) electrons. The molecule has 1 amide bonds. The molecule has 1 aliphatic rings. The van der Waals surface area contributed by atoms with Crippen LogP contribution in [0, 0.1) is 0 Å². The van der Waals surface area contributed by atoms with E-state index in [9.17, 15) is 4.79 Å². The van der Waals surface area contributed by atoms with Crippen LogP contribution in [-0.2, 0) is 4.79 Å². The number of carbonyl (C=O) groups excluding carboxylic acids is 1. The first kappa shape index (κ1) is 17.9. The minimum absolute atomic E-state index is 0.151. The van der Waals surface area contributed by atoms with Crippen molar-refractivity contribution in [3.05, 3.63) is 60.7 Å². The van der Waals surface area contributed by atoms with Crippen LogP contribution >= 0.6 is 11.8 Å². The SMILES string of the molecule is CC(Sc1nc(-c2ccccc2)c(-c2ccccc2)[nH]1)C(=O)N1CCCC1. The summed E-state index contributed by atoms with van der Waals surface area (Å²) in [6, 6.07) is 20.4. The number of rotatable bonds is 5. The molecular formula is C22H23N3OS. The highest BCUT2D eigenvalue weighted by Gasteiger charge is 2.25. The van der Waals surface area contributed by atoms with Crippen molar-refractivity contribution in [3.63, 3.8) is 0 Å². The van der Waals surface area contributed by atoms with Crippen LogP contribution in [0.1, 0.15) is 19.8 Å². The van der Waals surface area contributed by atoms with Crippen molar-refractivity contribution < 1.29 is 4.79 Å². The van der Waals surface area contributed by atoms with E-state index in [1.165, 1.54) is 11.8 Å². The Labute approximate surface area is 164 Å². The molecule has 0 bridgehead atoms. The number of amides is 1. The Morgan fingerprint density at radius 3 is 2.22 bits per heavy atom. The Hall–Kier alpha value is -2.53. The Morgan fingerprint density at radius 1 is 1.00 bits per heavy atom. The average Bonchev–Trinajstić information content (AvgIpc) is 3.39. The van der Waals surface area contributed by atoms with Gasteiger partial charge in [-0.05, 0) is 19.8 Å². The molecule has 1 fully saturated rings. The van der Waals surface area contributed by atoms with Crippen LogP contribution in [0.2, 0.25) is 0 Å². The van der Waals surface area contributed by atoms with Crippen LogP contribution in [0.3, 0.4) is 0 Å². The molecule has 0 spiro atoms. The first-order valence-electron chi connectivity index (χ1n) is 9.38. The van der Waals surface area contributed by atoms with E-state index in [0.29, 0.717) is 0 Å². The number of benzene rings is 2. The van der Waals surface area contributed by atoms with E-state index in [1.54, 1.807) is 0 Å². The van der Waals surface area contributed by atoms with Gasteiger partial charge in [-0.3, -0.25) is 4.79 Å². The number of likely N-dealkylation sites (tertiary alicyclic amines) is 1. The smallest absolute Gasteiger partial charge is 0.235 e. The van der Waals surface area contributed by atoms with Crippen molar-refractivity contribution in [2.24, 2.45) is 0 Å². The highest BCUT2D eigenvalue weighted by molar-refractivity contribution is 8.00. The molecule has 1 N–H and O–H groups in total. The molecule has 1 aromatic heterocycles. The largest absolute Gasteiger partial charge is 0.342 e. The van der Waals surface area contributed by atoms with Gasteiger partial charge in [0.2, 0.25) is 5.91 Å². The summed E-state index contributed by atoms with van der Waals surface area (Å²) in [5.74, 6) is 0.205. The Morgan fingerprint density at radius 2 is 1.59 bits per heavy atom. The predicted molar refractivity (Wildman–Crippen MR) is 111 cm³/mol. The molecule has 2 heterocycles. The number of aromatic amines is 1. The molecule has 0 aliphatic carbocycles. The summed E-state index contributed by atoms with van der Waals surface area (Å²) >= 11 is 1.50. The highest BCUT2D eigenvalue weighted by Crippen LogP contribution is 2.34. The number of hydrogen-bond donors (Lipinski definition) is 1. The topological polar surface area (TPSA) is 49.0 Å². The van der Waals surface area contributed by atoms with Gasteiger partial charge in [0.1, 0.15) is 0 Å². The minimum Gasteiger partial charge on any atom is -0.342 e. The van der Waals surface area contributed by atoms with Gasteiger partial charge in [-0.25, -0.2) is 4.98 Å². The molecule has 4 nitrogen and oxygen atoms in total. The van der Waals surface area contributed by atoms with E-state index in [-0.39, 0.29) is 11.2 Å². The normalized spacial score (nSPS) is 15.1. The molecule has 27 heavy (non-hydrogen) atoms. The molecule has 2 aromatic carbocycles. The number of carbonyl (C=O) groups is 1. The van der Waals surface area contributed by atoms with Gasteiger partial charge in [0, 0.05) is 24.2 Å². The summed E-state index contributed by atoms with van der Waals surface area (Å²) < 4.78 is 0. The fourth-order valence-corrected chi connectivity index (χ4v) is 4.33. The summed E-state index contributed by atoms with van der Waals surface area (Å²) in [6.07, 6.45) is 2.22. The highest BCUT2D eigenvalue weighted by atomic mass is 32.2. The second kappa shape index (κ2) is 8.01. The third-order valence-electron chi connectivity index (χ3n) is 4.85. The zero-order valence-corrected chi connectivity index (χ0v) is 16.2. The molecular weight excluding hydrogens is 354 g/mol. The summed E-state index contributed by atoms with van der Waals surface area (Å²) in [5, 5.41) is 0.634. The van der Waals surface area contributed by atoms with Crippen LogP contribution in [-0.4, -0.2) is 39.1 Å². The van der Waals surface area contributed by atoms with Crippen molar-refractivity contribution in [1.82, 2.24) is 14.9 Å². The first-order chi connectivity index (χ1) is 13.2. The maximum absolute atomic E-state index is 12.6. The average molecular weight is 378 g/mol.